The average Bonchev–Trinajstić information content (AvgIpc) is 3.09. The van der Waals surface area contributed by atoms with Gasteiger partial charge in [-0.1, -0.05) is 39.5 Å². The first-order valence-electron chi connectivity index (χ1n) is 7.94. The van der Waals surface area contributed by atoms with Crippen molar-refractivity contribution in [3.8, 4) is 10.8 Å². The molecule has 1 atom stereocenters. The number of ketones is 1. The maximum Gasteiger partial charge on any atom is 0.277 e. The van der Waals surface area contributed by atoms with Crippen LogP contribution in [0.4, 0.5) is 0 Å². The first-order chi connectivity index (χ1) is 10.8. The number of aryl methyl sites for hydroxylation is 1. The zero-order valence-corrected chi connectivity index (χ0v) is 15.6. The molecule has 0 aliphatic heterocycles. The smallest absolute Gasteiger partial charge is 0.277 e. The molecule has 1 unspecified atom stereocenters. The van der Waals surface area contributed by atoms with Crippen LogP contribution in [0.1, 0.15) is 44.6 Å². The van der Waals surface area contributed by atoms with Gasteiger partial charge in [-0.05, 0) is 36.8 Å². The van der Waals surface area contributed by atoms with Gasteiger partial charge < -0.3 is 4.42 Å². The molecule has 6 heteroatoms. The van der Waals surface area contributed by atoms with E-state index in [0.717, 1.165) is 23.6 Å². The summed E-state index contributed by atoms with van der Waals surface area (Å²) in [6.45, 7) is 8.07. The third-order valence-electron chi connectivity index (χ3n) is 4.11. The molecule has 0 saturated carbocycles. The maximum absolute atomic E-state index is 12.0. The number of thioether (sulfide) groups is 1. The van der Waals surface area contributed by atoms with Gasteiger partial charge in [0.15, 0.2) is 0 Å². The Morgan fingerprint density at radius 3 is 2.96 bits per heavy atom. The number of nitrogens with zero attached hydrogens (tertiary/aromatic N) is 2. The topological polar surface area (TPSA) is 56.0 Å². The zero-order valence-electron chi connectivity index (χ0n) is 14.0. The molecule has 0 radical (unpaired) electrons. The lowest BCUT2D eigenvalue weighted by atomic mass is 9.90. The van der Waals surface area contributed by atoms with Gasteiger partial charge in [-0.25, -0.2) is 0 Å². The normalized spacial score (nSPS) is 18.0. The predicted octanol–water partition coefficient (Wildman–Crippen LogP) is 4.63. The molecule has 1 aliphatic rings. The second-order valence-corrected chi connectivity index (χ2v) is 9.31. The summed E-state index contributed by atoms with van der Waals surface area (Å²) in [5.74, 6) is 1.87. The Balaban J connectivity index is 1.69. The van der Waals surface area contributed by atoms with Gasteiger partial charge in [0.1, 0.15) is 5.78 Å². The van der Waals surface area contributed by atoms with Crippen LogP contribution in [-0.2, 0) is 17.6 Å². The Bertz CT molecular complexity index is 712. The highest BCUT2D eigenvalue weighted by atomic mass is 32.2. The van der Waals surface area contributed by atoms with Gasteiger partial charge in [0.25, 0.3) is 11.1 Å². The summed E-state index contributed by atoms with van der Waals surface area (Å²) < 4.78 is 5.74. The molecule has 4 nitrogen and oxygen atoms in total. The zero-order chi connectivity index (χ0) is 16.6. The Morgan fingerprint density at radius 1 is 1.43 bits per heavy atom. The predicted molar refractivity (Wildman–Crippen MR) is 94.0 cm³/mol. The number of Topliss-reactive ketones (excluding diaryl/α,β-unsaturated/α-hetero) is 1. The van der Waals surface area contributed by atoms with E-state index in [1.807, 2.05) is 20.8 Å². The van der Waals surface area contributed by atoms with Crippen LogP contribution in [0.25, 0.3) is 10.8 Å². The van der Waals surface area contributed by atoms with Gasteiger partial charge >= 0.3 is 0 Å². The van der Waals surface area contributed by atoms with Crippen LogP contribution in [0.3, 0.4) is 0 Å². The van der Waals surface area contributed by atoms with E-state index in [1.165, 1.54) is 28.6 Å². The standard InChI is InChI=1S/C17H22N2O2S2/c1-10-5-6-12-11(7-10)8-13(23-12)15-18-19-16(21-15)22-9-14(20)17(2,3)4/h8,10H,5-7,9H2,1-4H3. The van der Waals surface area contributed by atoms with E-state index in [1.54, 1.807) is 11.3 Å². The number of carbonyl (C=O) groups is 1. The Hall–Kier alpha value is -1.14. The second-order valence-electron chi connectivity index (χ2n) is 7.24. The van der Waals surface area contributed by atoms with Crippen LogP contribution < -0.4 is 0 Å². The van der Waals surface area contributed by atoms with Crippen molar-refractivity contribution in [2.75, 3.05) is 5.75 Å². The summed E-state index contributed by atoms with van der Waals surface area (Å²) in [6, 6.07) is 2.19. The van der Waals surface area contributed by atoms with E-state index < -0.39 is 0 Å². The van der Waals surface area contributed by atoms with Gasteiger partial charge in [-0.15, -0.1) is 21.5 Å². The number of carbonyl (C=O) groups excluding carboxylic acids is 1. The molecule has 0 amide bonds. The first kappa shape index (κ1) is 16.7. The molecule has 2 aromatic heterocycles. The Labute approximate surface area is 145 Å². The highest BCUT2D eigenvalue weighted by Crippen LogP contribution is 2.37. The molecule has 0 fully saturated rings. The Morgan fingerprint density at radius 2 is 2.22 bits per heavy atom. The van der Waals surface area contributed by atoms with Crippen molar-refractivity contribution in [3.63, 3.8) is 0 Å². The molecule has 0 spiro atoms. The molecule has 124 valence electrons. The lowest BCUT2D eigenvalue weighted by Crippen LogP contribution is -2.21. The lowest BCUT2D eigenvalue weighted by molar-refractivity contribution is -0.123. The van der Waals surface area contributed by atoms with Crippen molar-refractivity contribution >= 4 is 28.9 Å². The van der Waals surface area contributed by atoms with Crippen molar-refractivity contribution in [2.45, 2.75) is 52.2 Å². The second kappa shape index (κ2) is 6.40. The van der Waals surface area contributed by atoms with E-state index in [9.17, 15) is 4.79 Å². The van der Waals surface area contributed by atoms with Gasteiger partial charge in [-0.3, -0.25) is 4.79 Å². The molecule has 2 heterocycles. The summed E-state index contributed by atoms with van der Waals surface area (Å²) in [5.41, 5.74) is 1.10. The summed E-state index contributed by atoms with van der Waals surface area (Å²) in [7, 11) is 0. The first-order valence-corrected chi connectivity index (χ1v) is 9.74. The number of aromatic nitrogens is 2. The van der Waals surface area contributed by atoms with Crippen LogP contribution in [-0.4, -0.2) is 21.7 Å². The molecule has 0 saturated heterocycles. The van der Waals surface area contributed by atoms with E-state index in [-0.39, 0.29) is 11.2 Å². The summed E-state index contributed by atoms with van der Waals surface area (Å²) in [4.78, 5) is 14.5. The van der Waals surface area contributed by atoms with Crippen molar-refractivity contribution < 1.29 is 9.21 Å². The minimum atomic E-state index is -0.334. The van der Waals surface area contributed by atoms with Gasteiger partial charge in [0.2, 0.25) is 0 Å². The molecule has 0 N–H and O–H groups in total. The fraction of sp³-hybridized carbons (Fsp3) is 0.588. The Kier molecular flexibility index (Phi) is 4.65. The van der Waals surface area contributed by atoms with E-state index in [0.29, 0.717) is 16.9 Å². The molecule has 23 heavy (non-hydrogen) atoms. The van der Waals surface area contributed by atoms with Gasteiger partial charge in [-0.2, -0.15) is 0 Å². The number of thiophene rings is 1. The quantitative estimate of drug-likeness (QED) is 0.753. The minimum Gasteiger partial charge on any atom is -0.410 e. The molecular weight excluding hydrogens is 328 g/mol. The summed E-state index contributed by atoms with van der Waals surface area (Å²) >= 11 is 3.08. The third-order valence-corrected chi connectivity index (χ3v) is 6.15. The summed E-state index contributed by atoms with van der Waals surface area (Å²) in [6.07, 6.45) is 3.55. The highest BCUT2D eigenvalue weighted by Gasteiger charge is 2.23. The van der Waals surface area contributed by atoms with E-state index in [4.69, 9.17) is 4.42 Å². The van der Waals surface area contributed by atoms with Crippen molar-refractivity contribution in [1.82, 2.24) is 10.2 Å². The maximum atomic E-state index is 12.0. The average molecular weight is 351 g/mol. The minimum absolute atomic E-state index is 0.183. The number of hydrogen-bond donors (Lipinski definition) is 0. The van der Waals surface area contributed by atoms with Gasteiger partial charge in [0, 0.05) is 10.3 Å². The van der Waals surface area contributed by atoms with Gasteiger partial charge in [0.05, 0.1) is 10.6 Å². The largest absolute Gasteiger partial charge is 0.410 e. The number of hydrogen-bond acceptors (Lipinski definition) is 6. The molecule has 0 bridgehead atoms. The number of fused-ring (bicyclic) bond motifs is 1. The fourth-order valence-corrected chi connectivity index (χ4v) is 4.58. The lowest BCUT2D eigenvalue weighted by Gasteiger charge is -2.16. The van der Waals surface area contributed by atoms with Crippen molar-refractivity contribution in [2.24, 2.45) is 11.3 Å². The fourth-order valence-electron chi connectivity index (χ4n) is 2.52. The highest BCUT2D eigenvalue weighted by molar-refractivity contribution is 7.99. The summed E-state index contributed by atoms with van der Waals surface area (Å²) in [5, 5.41) is 8.69. The molecule has 1 aliphatic carbocycles. The monoisotopic (exact) mass is 350 g/mol. The number of rotatable bonds is 4. The van der Waals surface area contributed by atoms with E-state index >= 15 is 0 Å². The molecule has 0 aromatic carbocycles. The van der Waals surface area contributed by atoms with Crippen LogP contribution in [0, 0.1) is 11.3 Å². The van der Waals surface area contributed by atoms with Crippen molar-refractivity contribution in [3.05, 3.63) is 16.5 Å². The molecule has 2 aromatic rings. The van der Waals surface area contributed by atoms with Crippen LogP contribution in [0.2, 0.25) is 0 Å². The third kappa shape index (κ3) is 3.86. The van der Waals surface area contributed by atoms with Crippen LogP contribution in [0.15, 0.2) is 15.7 Å². The molecule has 3 rings (SSSR count). The van der Waals surface area contributed by atoms with Crippen LogP contribution in [0.5, 0.6) is 0 Å². The van der Waals surface area contributed by atoms with Crippen molar-refractivity contribution in [1.29, 1.82) is 0 Å². The SMILES string of the molecule is CC1CCc2sc(-c3nnc(SCC(=O)C(C)(C)C)o3)cc2C1. The molecular formula is C17H22N2O2S2. The van der Waals surface area contributed by atoms with Crippen LogP contribution >= 0.6 is 23.1 Å². The van der Waals surface area contributed by atoms with E-state index in [2.05, 4.69) is 23.2 Å².